The van der Waals surface area contributed by atoms with Crippen molar-refractivity contribution in [2.75, 3.05) is 6.54 Å². The van der Waals surface area contributed by atoms with Crippen molar-refractivity contribution in [3.8, 4) is 0 Å². The lowest BCUT2D eigenvalue weighted by molar-refractivity contribution is -0.140. The summed E-state index contributed by atoms with van der Waals surface area (Å²) in [5.41, 5.74) is 5.85. The second-order valence-electron chi connectivity index (χ2n) is 5.70. The van der Waals surface area contributed by atoms with Crippen LogP contribution in [0, 0.1) is 23.5 Å². The molecule has 3 unspecified atom stereocenters. The molecule has 3 rings (SSSR count). The molecule has 6 heteroatoms. The van der Waals surface area contributed by atoms with Crippen LogP contribution in [0.2, 0.25) is 0 Å². The van der Waals surface area contributed by atoms with E-state index in [2.05, 4.69) is 0 Å². The number of carbonyl (C=O) groups excluding carboxylic acids is 2. The van der Waals surface area contributed by atoms with Gasteiger partial charge in [0, 0.05) is 12.1 Å². The van der Waals surface area contributed by atoms with Gasteiger partial charge in [0.1, 0.15) is 11.6 Å². The van der Waals surface area contributed by atoms with Gasteiger partial charge in [-0.05, 0) is 31.0 Å². The zero-order valence-corrected chi connectivity index (χ0v) is 11.4. The molecule has 0 spiro atoms. The van der Waals surface area contributed by atoms with Gasteiger partial charge in [0.2, 0.25) is 11.8 Å². The minimum atomic E-state index is -0.924. The highest BCUT2D eigenvalue weighted by molar-refractivity contribution is 6.05. The lowest BCUT2D eigenvalue weighted by Crippen LogP contribution is -2.38. The van der Waals surface area contributed by atoms with Crippen LogP contribution in [0.1, 0.15) is 30.9 Å². The van der Waals surface area contributed by atoms with Crippen LogP contribution < -0.4 is 5.73 Å². The number of hydrogen-bond donors (Lipinski definition) is 1. The van der Waals surface area contributed by atoms with Gasteiger partial charge < -0.3 is 5.73 Å². The molecule has 4 nitrogen and oxygen atoms in total. The van der Waals surface area contributed by atoms with E-state index in [1.54, 1.807) is 0 Å². The Morgan fingerprint density at radius 2 is 1.81 bits per heavy atom. The maximum absolute atomic E-state index is 13.7. The average Bonchev–Trinajstić information content (AvgIpc) is 3.01. The molecular formula is C15H16F2N2O2. The Bertz CT molecular complexity index is 583. The highest BCUT2D eigenvalue weighted by atomic mass is 19.1. The molecule has 0 radical (unpaired) electrons. The number of fused-ring (bicyclic) bond motifs is 1. The molecule has 1 saturated heterocycles. The first-order valence-corrected chi connectivity index (χ1v) is 7.05. The van der Waals surface area contributed by atoms with Crippen molar-refractivity contribution >= 4 is 11.8 Å². The van der Waals surface area contributed by atoms with Gasteiger partial charge in [-0.3, -0.25) is 14.5 Å². The highest BCUT2D eigenvalue weighted by Gasteiger charge is 2.49. The average molecular weight is 294 g/mol. The monoisotopic (exact) mass is 294 g/mol. The summed E-state index contributed by atoms with van der Waals surface area (Å²) in [6.07, 6.45) is 2.32. The van der Waals surface area contributed by atoms with Crippen LogP contribution in [0.15, 0.2) is 18.2 Å². The Kier molecular flexibility index (Phi) is 3.49. The van der Waals surface area contributed by atoms with E-state index in [1.807, 2.05) is 0 Å². The first-order chi connectivity index (χ1) is 9.99. The van der Waals surface area contributed by atoms with Crippen LogP contribution in [-0.4, -0.2) is 23.3 Å². The van der Waals surface area contributed by atoms with Crippen molar-refractivity contribution in [1.29, 1.82) is 0 Å². The van der Waals surface area contributed by atoms with E-state index in [9.17, 15) is 18.4 Å². The third kappa shape index (κ3) is 2.33. The maximum Gasteiger partial charge on any atom is 0.233 e. The lowest BCUT2D eigenvalue weighted by atomic mass is 10.00. The smallest absolute Gasteiger partial charge is 0.233 e. The highest BCUT2D eigenvalue weighted by Crippen LogP contribution is 2.40. The number of rotatable bonds is 3. The summed E-state index contributed by atoms with van der Waals surface area (Å²) in [6.45, 7) is -0.106. The van der Waals surface area contributed by atoms with E-state index in [0.29, 0.717) is 0 Å². The number of hydrogen-bond acceptors (Lipinski definition) is 3. The predicted molar refractivity (Wildman–Crippen MR) is 70.8 cm³/mol. The fraction of sp³-hybridized carbons (Fsp3) is 0.467. The lowest BCUT2D eigenvalue weighted by Gasteiger charge is -2.21. The number of nitrogens with zero attached hydrogens (tertiary/aromatic N) is 1. The van der Waals surface area contributed by atoms with Gasteiger partial charge in [-0.15, -0.1) is 0 Å². The van der Waals surface area contributed by atoms with E-state index in [4.69, 9.17) is 5.73 Å². The second kappa shape index (κ2) is 5.18. The molecule has 2 N–H and O–H groups in total. The van der Waals surface area contributed by atoms with Crippen LogP contribution in [-0.2, 0) is 9.59 Å². The molecule has 1 aliphatic carbocycles. The Labute approximate surface area is 120 Å². The minimum absolute atomic E-state index is 0.0207. The molecule has 3 atom stereocenters. The third-order valence-electron chi connectivity index (χ3n) is 4.42. The van der Waals surface area contributed by atoms with Crippen molar-refractivity contribution in [1.82, 2.24) is 4.90 Å². The normalized spacial score (nSPS) is 26.3. The molecule has 112 valence electrons. The van der Waals surface area contributed by atoms with Crippen LogP contribution in [0.4, 0.5) is 8.78 Å². The zero-order chi connectivity index (χ0) is 15.1. The van der Waals surface area contributed by atoms with Gasteiger partial charge >= 0.3 is 0 Å². The number of benzene rings is 1. The van der Waals surface area contributed by atoms with Gasteiger partial charge in [-0.2, -0.15) is 0 Å². The van der Waals surface area contributed by atoms with E-state index in [0.717, 1.165) is 42.4 Å². The molecule has 2 aliphatic rings. The molecule has 2 fully saturated rings. The largest absolute Gasteiger partial charge is 0.322 e. The summed E-state index contributed by atoms with van der Waals surface area (Å²) in [6, 6.07) is 2.08. The summed E-state index contributed by atoms with van der Waals surface area (Å²) in [5, 5.41) is 0. The van der Waals surface area contributed by atoms with Crippen LogP contribution >= 0.6 is 0 Å². The van der Waals surface area contributed by atoms with E-state index >= 15 is 0 Å². The number of carbonyl (C=O) groups is 2. The third-order valence-corrected chi connectivity index (χ3v) is 4.42. The first-order valence-electron chi connectivity index (χ1n) is 7.05. The maximum atomic E-state index is 13.7. The second-order valence-corrected chi connectivity index (χ2v) is 5.70. The molecular weight excluding hydrogens is 278 g/mol. The zero-order valence-electron chi connectivity index (χ0n) is 11.4. The van der Waals surface area contributed by atoms with Crippen molar-refractivity contribution in [2.24, 2.45) is 17.6 Å². The van der Waals surface area contributed by atoms with Crippen molar-refractivity contribution in [3.63, 3.8) is 0 Å². The minimum Gasteiger partial charge on any atom is -0.322 e. The Hall–Kier alpha value is -1.82. The standard InChI is InChI=1S/C15H16F2N2O2/c16-8-4-5-12(17)11(6-8)13(18)7-19-14(20)9-2-1-3-10(9)15(19)21/h4-6,9-10,13H,1-3,7,18H2. The van der Waals surface area contributed by atoms with Gasteiger partial charge in [0.25, 0.3) is 0 Å². The van der Waals surface area contributed by atoms with Crippen molar-refractivity contribution in [2.45, 2.75) is 25.3 Å². The summed E-state index contributed by atoms with van der Waals surface area (Å²) < 4.78 is 26.9. The van der Waals surface area contributed by atoms with Gasteiger partial charge in [0.05, 0.1) is 17.9 Å². The van der Waals surface area contributed by atoms with E-state index in [-0.39, 0.29) is 35.8 Å². The van der Waals surface area contributed by atoms with E-state index in [1.165, 1.54) is 0 Å². The molecule has 1 aromatic carbocycles. The fourth-order valence-electron chi connectivity index (χ4n) is 3.33. The topological polar surface area (TPSA) is 63.4 Å². The van der Waals surface area contributed by atoms with Gasteiger partial charge in [-0.25, -0.2) is 8.78 Å². The number of likely N-dealkylation sites (tertiary alicyclic amines) is 1. The number of imide groups is 1. The van der Waals surface area contributed by atoms with Gasteiger partial charge in [-0.1, -0.05) is 6.42 Å². The molecule has 0 aromatic heterocycles. The Balaban J connectivity index is 1.79. The summed E-state index contributed by atoms with van der Waals surface area (Å²) in [5.74, 6) is -2.19. The van der Waals surface area contributed by atoms with Gasteiger partial charge in [0.15, 0.2) is 0 Å². The van der Waals surface area contributed by atoms with Crippen LogP contribution in [0.3, 0.4) is 0 Å². The van der Waals surface area contributed by atoms with Crippen LogP contribution in [0.25, 0.3) is 0 Å². The molecule has 2 amide bonds. The number of halogens is 2. The Morgan fingerprint density at radius 1 is 1.19 bits per heavy atom. The molecule has 1 saturated carbocycles. The summed E-state index contributed by atoms with van der Waals surface area (Å²) in [7, 11) is 0. The molecule has 1 aliphatic heterocycles. The summed E-state index contributed by atoms with van der Waals surface area (Å²) >= 11 is 0. The number of nitrogens with two attached hydrogens (primary N) is 1. The quantitative estimate of drug-likeness (QED) is 0.864. The number of amides is 2. The van der Waals surface area contributed by atoms with Crippen LogP contribution in [0.5, 0.6) is 0 Å². The van der Waals surface area contributed by atoms with Crippen molar-refractivity contribution in [3.05, 3.63) is 35.4 Å². The predicted octanol–water partition coefficient (Wildman–Crippen LogP) is 1.75. The first kappa shape index (κ1) is 14.1. The Morgan fingerprint density at radius 3 is 2.43 bits per heavy atom. The fourth-order valence-corrected chi connectivity index (χ4v) is 3.33. The molecule has 1 heterocycles. The SMILES string of the molecule is NC(CN1C(=O)C2CCCC2C1=O)c1cc(F)ccc1F. The molecule has 0 bridgehead atoms. The molecule has 21 heavy (non-hydrogen) atoms. The van der Waals surface area contributed by atoms with Crippen molar-refractivity contribution < 1.29 is 18.4 Å². The molecule has 1 aromatic rings. The van der Waals surface area contributed by atoms with E-state index < -0.39 is 17.7 Å². The summed E-state index contributed by atoms with van der Waals surface area (Å²) in [4.78, 5) is 25.5.